The Bertz CT molecular complexity index is 390. The van der Waals surface area contributed by atoms with Crippen molar-refractivity contribution in [2.24, 2.45) is 5.92 Å². The van der Waals surface area contributed by atoms with E-state index in [-0.39, 0.29) is 11.5 Å². The predicted octanol–water partition coefficient (Wildman–Crippen LogP) is 3.03. The zero-order chi connectivity index (χ0) is 12.4. The molecule has 0 radical (unpaired) electrons. The van der Waals surface area contributed by atoms with Crippen molar-refractivity contribution in [1.82, 2.24) is 4.90 Å². The molecule has 1 unspecified atom stereocenters. The lowest BCUT2D eigenvalue weighted by Gasteiger charge is -2.27. The largest absolute Gasteiger partial charge is 0.396 e. The summed E-state index contributed by atoms with van der Waals surface area (Å²) in [6.45, 7) is 6.47. The molecule has 0 saturated carbocycles. The summed E-state index contributed by atoms with van der Waals surface area (Å²) in [5.41, 5.74) is 6.73. The fraction of sp³-hybridized carbons (Fsp3) is 0.571. The van der Waals surface area contributed by atoms with Gasteiger partial charge in [-0.15, -0.1) is 0 Å². The summed E-state index contributed by atoms with van der Waals surface area (Å²) < 4.78 is 13.4. The number of hydrogen-bond acceptors (Lipinski definition) is 2. The van der Waals surface area contributed by atoms with Gasteiger partial charge < -0.3 is 5.73 Å². The molecule has 2 N–H and O–H groups in total. The zero-order valence-electron chi connectivity index (χ0n) is 10.6. The first kappa shape index (κ1) is 12.4. The second-order valence-corrected chi connectivity index (χ2v) is 5.28. The van der Waals surface area contributed by atoms with Crippen LogP contribution in [0.15, 0.2) is 18.2 Å². The van der Waals surface area contributed by atoms with E-state index in [1.165, 1.54) is 12.8 Å². The number of benzene rings is 1. The molecule has 1 aliphatic rings. The van der Waals surface area contributed by atoms with Gasteiger partial charge in [0.2, 0.25) is 0 Å². The molecule has 1 atom stereocenters. The molecule has 0 aliphatic carbocycles. The van der Waals surface area contributed by atoms with Gasteiger partial charge in [0.25, 0.3) is 0 Å². The molecular formula is C14H21FN2. The van der Waals surface area contributed by atoms with Crippen LogP contribution in [0.25, 0.3) is 0 Å². The van der Waals surface area contributed by atoms with Crippen LogP contribution in [0.4, 0.5) is 10.1 Å². The predicted molar refractivity (Wildman–Crippen MR) is 69.1 cm³/mol. The van der Waals surface area contributed by atoms with Crippen molar-refractivity contribution >= 4 is 5.69 Å². The summed E-state index contributed by atoms with van der Waals surface area (Å²) in [5, 5.41) is 0. The van der Waals surface area contributed by atoms with E-state index in [2.05, 4.69) is 18.7 Å². The molecular weight excluding hydrogens is 215 g/mol. The molecule has 2 rings (SSSR count). The number of nitrogens with zero attached hydrogens (tertiary/aromatic N) is 1. The van der Waals surface area contributed by atoms with E-state index in [1.807, 2.05) is 6.07 Å². The number of nitrogens with two attached hydrogens (primary N) is 1. The summed E-state index contributed by atoms with van der Waals surface area (Å²) >= 11 is 0. The van der Waals surface area contributed by atoms with E-state index in [0.29, 0.717) is 12.0 Å². The number of halogens is 1. The number of rotatable bonds is 3. The van der Waals surface area contributed by atoms with E-state index in [4.69, 9.17) is 5.73 Å². The van der Waals surface area contributed by atoms with Crippen molar-refractivity contribution in [2.45, 2.75) is 39.3 Å². The van der Waals surface area contributed by atoms with Crippen molar-refractivity contribution in [3.8, 4) is 0 Å². The van der Waals surface area contributed by atoms with Crippen molar-refractivity contribution < 1.29 is 4.39 Å². The highest BCUT2D eigenvalue weighted by Gasteiger charge is 2.26. The third-order valence-electron chi connectivity index (χ3n) is 3.63. The first-order valence-electron chi connectivity index (χ1n) is 6.36. The average Bonchev–Trinajstić information content (AvgIpc) is 2.72. The lowest BCUT2D eigenvalue weighted by Crippen LogP contribution is -2.32. The molecule has 1 aliphatic heterocycles. The van der Waals surface area contributed by atoms with Gasteiger partial charge in [0.15, 0.2) is 0 Å². The van der Waals surface area contributed by atoms with Gasteiger partial charge in [-0.1, -0.05) is 19.9 Å². The fourth-order valence-corrected chi connectivity index (χ4v) is 2.71. The van der Waals surface area contributed by atoms with Gasteiger partial charge in [0, 0.05) is 12.6 Å². The lowest BCUT2D eigenvalue weighted by molar-refractivity contribution is 0.198. The minimum absolute atomic E-state index is 0.232. The number of anilines is 1. The molecule has 0 aromatic heterocycles. The Labute approximate surface area is 103 Å². The smallest absolute Gasteiger partial charge is 0.146 e. The molecule has 1 aromatic carbocycles. The Hall–Kier alpha value is -1.09. The third-order valence-corrected chi connectivity index (χ3v) is 3.63. The van der Waals surface area contributed by atoms with E-state index >= 15 is 0 Å². The third kappa shape index (κ3) is 2.78. The molecule has 1 fully saturated rings. The van der Waals surface area contributed by atoms with E-state index < -0.39 is 0 Å². The van der Waals surface area contributed by atoms with Crippen LogP contribution in [0.1, 0.15) is 32.3 Å². The van der Waals surface area contributed by atoms with E-state index in [9.17, 15) is 4.39 Å². The van der Waals surface area contributed by atoms with Crippen molar-refractivity contribution in [3.05, 3.63) is 29.6 Å². The lowest BCUT2D eigenvalue weighted by atomic mass is 10.0. The quantitative estimate of drug-likeness (QED) is 0.817. The van der Waals surface area contributed by atoms with Crippen LogP contribution in [0.5, 0.6) is 0 Å². The molecule has 0 spiro atoms. The van der Waals surface area contributed by atoms with Crippen LogP contribution >= 0.6 is 0 Å². The molecule has 2 nitrogen and oxygen atoms in total. The van der Waals surface area contributed by atoms with Crippen LogP contribution in [0.3, 0.4) is 0 Å². The van der Waals surface area contributed by atoms with Crippen molar-refractivity contribution in [3.63, 3.8) is 0 Å². The van der Waals surface area contributed by atoms with Gasteiger partial charge in [-0.3, -0.25) is 4.90 Å². The van der Waals surface area contributed by atoms with Crippen LogP contribution in [0, 0.1) is 11.7 Å². The Morgan fingerprint density at radius 1 is 1.47 bits per heavy atom. The Balaban J connectivity index is 2.07. The number of hydrogen-bond donors (Lipinski definition) is 1. The summed E-state index contributed by atoms with van der Waals surface area (Å²) in [7, 11) is 0. The van der Waals surface area contributed by atoms with E-state index in [1.54, 1.807) is 12.1 Å². The van der Waals surface area contributed by atoms with E-state index in [0.717, 1.165) is 18.7 Å². The normalized spacial score (nSPS) is 21.3. The number of likely N-dealkylation sites (tertiary alicyclic amines) is 1. The highest BCUT2D eigenvalue weighted by Crippen LogP contribution is 2.26. The molecule has 1 heterocycles. The Morgan fingerprint density at radius 3 is 2.88 bits per heavy atom. The molecule has 3 heteroatoms. The maximum absolute atomic E-state index is 13.4. The molecule has 94 valence electrons. The maximum atomic E-state index is 13.4. The van der Waals surface area contributed by atoms with Crippen LogP contribution < -0.4 is 5.73 Å². The zero-order valence-corrected chi connectivity index (χ0v) is 10.6. The molecule has 17 heavy (non-hydrogen) atoms. The monoisotopic (exact) mass is 236 g/mol. The first-order valence-corrected chi connectivity index (χ1v) is 6.36. The van der Waals surface area contributed by atoms with Gasteiger partial charge in [-0.2, -0.15) is 0 Å². The molecule has 0 bridgehead atoms. The minimum Gasteiger partial charge on any atom is -0.396 e. The summed E-state index contributed by atoms with van der Waals surface area (Å²) in [5.74, 6) is 0.360. The minimum atomic E-state index is -0.303. The second-order valence-electron chi connectivity index (χ2n) is 5.28. The number of nitrogen functional groups attached to an aromatic ring is 1. The van der Waals surface area contributed by atoms with Crippen LogP contribution in [-0.4, -0.2) is 17.5 Å². The van der Waals surface area contributed by atoms with Crippen LogP contribution in [0.2, 0.25) is 0 Å². The first-order chi connectivity index (χ1) is 8.08. The highest BCUT2D eigenvalue weighted by molar-refractivity contribution is 5.41. The SMILES string of the molecule is CC(C)C1CCCN1Cc1ccc(N)c(F)c1. The fourth-order valence-electron chi connectivity index (χ4n) is 2.71. The standard InChI is InChI=1S/C14H21FN2/c1-10(2)14-4-3-7-17(14)9-11-5-6-13(16)12(15)8-11/h5-6,8,10,14H,3-4,7,9,16H2,1-2H3. The van der Waals surface area contributed by atoms with Crippen LogP contribution in [-0.2, 0) is 6.54 Å². The van der Waals surface area contributed by atoms with Gasteiger partial charge in [-0.05, 0) is 43.0 Å². The molecule has 1 aromatic rings. The summed E-state index contributed by atoms with van der Waals surface area (Å²) in [6.07, 6.45) is 2.51. The Morgan fingerprint density at radius 2 is 2.24 bits per heavy atom. The molecule has 1 saturated heterocycles. The average molecular weight is 236 g/mol. The summed E-state index contributed by atoms with van der Waals surface area (Å²) in [6, 6.07) is 5.78. The maximum Gasteiger partial charge on any atom is 0.146 e. The Kier molecular flexibility index (Phi) is 3.67. The van der Waals surface area contributed by atoms with Gasteiger partial charge in [0.1, 0.15) is 5.82 Å². The van der Waals surface area contributed by atoms with Crippen molar-refractivity contribution in [1.29, 1.82) is 0 Å². The summed E-state index contributed by atoms with van der Waals surface area (Å²) in [4.78, 5) is 2.45. The highest BCUT2D eigenvalue weighted by atomic mass is 19.1. The topological polar surface area (TPSA) is 29.3 Å². The van der Waals surface area contributed by atoms with Gasteiger partial charge in [-0.25, -0.2) is 4.39 Å². The van der Waals surface area contributed by atoms with Gasteiger partial charge in [0.05, 0.1) is 5.69 Å². The second kappa shape index (κ2) is 5.05. The van der Waals surface area contributed by atoms with Crippen molar-refractivity contribution in [2.75, 3.05) is 12.3 Å². The molecule has 0 amide bonds. The van der Waals surface area contributed by atoms with Gasteiger partial charge >= 0.3 is 0 Å².